The summed E-state index contributed by atoms with van der Waals surface area (Å²) in [5, 5.41) is 12.1. The molecule has 0 aliphatic carbocycles. The van der Waals surface area contributed by atoms with Gasteiger partial charge in [-0.15, -0.1) is 34.2 Å². The van der Waals surface area contributed by atoms with Gasteiger partial charge in [0, 0.05) is 32.1 Å². The Hall–Kier alpha value is -1.84. The van der Waals surface area contributed by atoms with Gasteiger partial charge in [-0.1, -0.05) is 32.0 Å². The van der Waals surface area contributed by atoms with Crippen LogP contribution < -0.4 is 10.1 Å². The van der Waals surface area contributed by atoms with E-state index in [1.807, 2.05) is 30.7 Å². The monoisotopic (exact) mass is 510 g/mol. The molecule has 0 radical (unpaired) electrons. The zero-order valence-electron chi connectivity index (χ0n) is 17.7. The molecular formula is C21H31IN6O. The minimum absolute atomic E-state index is 0. The lowest BCUT2D eigenvalue weighted by atomic mass is 9.93. The van der Waals surface area contributed by atoms with Crippen LogP contribution in [0.4, 0.5) is 0 Å². The molecule has 2 aliphatic rings. The number of hydrogen-bond donors (Lipinski definition) is 1. The summed E-state index contributed by atoms with van der Waals surface area (Å²) in [6.45, 7) is 9.85. The van der Waals surface area contributed by atoms with Crippen molar-refractivity contribution >= 4 is 29.9 Å². The van der Waals surface area contributed by atoms with Crippen LogP contribution in [-0.4, -0.2) is 45.3 Å². The van der Waals surface area contributed by atoms with E-state index < -0.39 is 0 Å². The van der Waals surface area contributed by atoms with Crippen molar-refractivity contribution in [1.82, 2.24) is 25.0 Å². The molecule has 1 unspecified atom stereocenters. The van der Waals surface area contributed by atoms with Gasteiger partial charge >= 0.3 is 0 Å². The van der Waals surface area contributed by atoms with E-state index in [4.69, 9.17) is 9.73 Å². The van der Waals surface area contributed by atoms with Crippen LogP contribution >= 0.6 is 24.0 Å². The maximum Gasteiger partial charge on any atom is 0.194 e. The standard InChI is InChI=1S/C21H30N6O.HI/c1-15-24-25-19(26(15)4)13-22-20(27-11-10-21(2,3)14-27)23-17-9-12-28-18-8-6-5-7-16(17)18;/h5-8,17H,9-14H2,1-4H3,(H,22,23);1H. The van der Waals surface area contributed by atoms with Crippen molar-refractivity contribution in [2.24, 2.45) is 17.5 Å². The molecule has 1 saturated heterocycles. The van der Waals surface area contributed by atoms with Crippen LogP contribution in [0, 0.1) is 12.3 Å². The van der Waals surface area contributed by atoms with Gasteiger partial charge in [-0.2, -0.15) is 0 Å². The van der Waals surface area contributed by atoms with Crippen molar-refractivity contribution in [3.63, 3.8) is 0 Å². The van der Waals surface area contributed by atoms with Gasteiger partial charge in [-0.05, 0) is 24.8 Å². The van der Waals surface area contributed by atoms with E-state index in [9.17, 15) is 0 Å². The van der Waals surface area contributed by atoms with E-state index in [2.05, 4.69) is 46.4 Å². The first-order valence-corrected chi connectivity index (χ1v) is 10.1. The molecule has 0 spiro atoms. The third kappa shape index (κ3) is 4.84. The first-order valence-electron chi connectivity index (χ1n) is 10.1. The number of guanidine groups is 1. The summed E-state index contributed by atoms with van der Waals surface area (Å²) in [5.41, 5.74) is 1.51. The molecule has 2 aromatic rings. The molecule has 1 aromatic carbocycles. The second kappa shape index (κ2) is 8.89. The fraction of sp³-hybridized carbons (Fsp3) is 0.571. The summed E-state index contributed by atoms with van der Waals surface area (Å²) >= 11 is 0. The highest BCUT2D eigenvalue weighted by Crippen LogP contribution is 2.33. The normalized spacial score (nSPS) is 20.6. The summed E-state index contributed by atoms with van der Waals surface area (Å²) < 4.78 is 7.83. The number of rotatable bonds is 3. The zero-order chi connectivity index (χ0) is 19.7. The highest BCUT2D eigenvalue weighted by molar-refractivity contribution is 14.0. The van der Waals surface area contributed by atoms with Gasteiger partial charge in [0.1, 0.15) is 18.1 Å². The highest BCUT2D eigenvalue weighted by Gasteiger charge is 2.32. The van der Waals surface area contributed by atoms with Gasteiger partial charge in [0.2, 0.25) is 0 Å². The first kappa shape index (κ1) is 21.9. The summed E-state index contributed by atoms with van der Waals surface area (Å²) in [4.78, 5) is 7.33. The van der Waals surface area contributed by atoms with Crippen LogP contribution in [0.5, 0.6) is 5.75 Å². The summed E-state index contributed by atoms with van der Waals surface area (Å²) in [6, 6.07) is 8.48. The summed E-state index contributed by atoms with van der Waals surface area (Å²) in [5.74, 6) is 3.70. The number of fused-ring (bicyclic) bond motifs is 1. The second-order valence-corrected chi connectivity index (χ2v) is 8.57. The van der Waals surface area contributed by atoms with Gasteiger partial charge in [-0.3, -0.25) is 0 Å². The number of nitrogens with zero attached hydrogens (tertiary/aromatic N) is 5. The Morgan fingerprint density at radius 3 is 2.79 bits per heavy atom. The maximum absolute atomic E-state index is 5.83. The number of likely N-dealkylation sites (tertiary alicyclic amines) is 1. The molecular weight excluding hydrogens is 479 g/mol. The summed E-state index contributed by atoms with van der Waals surface area (Å²) in [6.07, 6.45) is 2.09. The number of aryl methyl sites for hydroxylation is 1. The largest absolute Gasteiger partial charge is 0.493 e. The van der Waals surface area contributed by atoms with Crippen molar-refractivity contribution in [3.8, 4) is 5.75 Å². The molecule has 1 fully saturated rings. The Morgan fingerprint density at radius 2 is 2.10 bits per heavy atom. The lowest BCUT2D eigenvalue weighted by Gasteiger charge is -2.31. The average Bonchev–Trinajstić information content (AvgIpc) is 3.21. The maximum atomic E-state index is 5.83. The smallest absolute Gasteiger partial charge is 0.194 e. The molecule has 1 aromatic heterocycles. The van der Waals surface area contributed by atoms with Crippen LogP contribution in [-0.2, 0) is 13.6 Å². The molecule has 8 heteroatoms. The number of para-hydroxylation sites is 1. The fourth-order valence-corrected chi connectivity index (χ4v) is 3.91. The predicted molar refractivity (Wildman–Crippen MR) is 125 cm³/mol. The van der Waals surface area contributed by atoms with Crippen LogP contribution in [0.3, 0.4) is 0 Å². The van der Waals surface area contributed by atoms with E-state index in [0.717, 1.165) is 49.5 Å². The molecule has 29 heavy (non-hydrogen) atoms. The Labute approximate surface area is 190 Å². The van der Waals surface area contributed by atoms with E-state index in [-0.39, 0.29) is 30.0 Å². The number of aliphatic imine (C=N–C) groups is 1. The molecule has 0 saturated carbocycles. The molecule has 1 atom stereocenters. The Balaban J connectivity index is 0.00000240. The lowest BCUT2D eigenvalue weighted by molar-refractivity contribution is 0.259. The van der Waals surface area contributed by atoms with Gasteiger partial charge in [-0.25, -0.2) is 4.99 Å². The lowest BCUT2D eigenvalue weighted by Crippen LogP contribution is -2.43. The SMILES string of the molecule is Cc1nnc(CN=C(NC2CCOc3ccccc32)N2CCC(C)(C)C2)n1C.I. The quantitative estimate of drug-likeness (QED) is 0.390. The number of aromatic nitrogens is 3. The number of halogens is 1. The van der Waals surface area contributed by atoms with Crippen molar-refractivity contribution < 1.29 is 4.74 Å². The van der Waals surface area contributed by atoms with E-state index in [1.165, 1.54) is 12.0 Å². The summed E-state index contributed by atoms with van der Waals surface area (Å²) in [7, 11) is 1.99. The van der Waals surface area contributed by atoms with Crippen LogP contribution in [0.1, 0.15) is 49.9 Å². The van der Waals surface area contributed by atoms with Crippen LogP contribution in [0.25, 0.3) is 0 Å². The first-order chi connectivity index (χ1) is 13.4. The molecule has 1 N–H and O–H groups in total. The van der Waals surface area contributed by atoms with Crippen molar-refractivity contribution in [2.75, 3.05) is 19.7 Å². The third-order valence-corrected chi connectivity index (χ3v) is 5.79. The number of benzene rings is 1. The van der Waals surface area contributed by atoms with Crippen LogP contribution in [0.2, 0.25) is 0 Å². The fourth-order valence-electron chi connectivity index (χ4n) is 3.91. The van der Waals surface area contributed by atoms with E-state index in [0.29, 0.717) is 12.0 Å². The van der Waals surface area contributed by atoms with Gasteiger partial charge in [0.15, 0.2) is 11.8 Å². The van der Waals surface area contributed by atoms with E-state index in [1.54, 1.807) is 0 Å². The topological polar surface area (TPSA) is 67.6 Å². The Kier molecular flexibility index (Phi) is 6.70. The minimum atomic E-state index is 0. The number of hydrogen-bond acceptors (Lipinski definition) is 4. The average molecular weight is 510 g/mol. The van der Waals surface area contributed by atoms with Crippen molar-refractivity contribution in [2.45, 2.75) is 46.2 Å². The molecule has 4 rings (SSSR count). The van der Waals surface area contributed by atoms with Gasteiger partial charge in [0.05, 0.1) is 12.6 Å². The molecule has 3 heterocycles. The molecule has 158 valence electrons. The van der Waals surface area contributed by atoms with Crippen LogP contribution in [0.15, 0.2) is 29.3 Å². The molecule has 0 bridgehead atoms. The zero-order valence-corrected chi connectivity index (χ0v) is 20.0. The predicted octanol–water partition coefficient (Wildman–Crippen LogP) is 3.44. The van der Waals surface area contributed by atoms with Gasteiger partial charge < -0.3 is 19.5 Å². The molecule has 7 nitrogen and oxygen atoms in total. The number of ether oxygens (including phenoxy) is 1. The van der Waals surface area contributed by atoms with Gasteiger partial charge in [0.25, 0.3) is 0 Å². The molecule has 2 aliphatic heterocycles. The van der Waals surface area contributed by atoms with Crippen molar-refractivity contribution in [1.29, 1.82) is 0 Å². The van der Waals surface area contributed by atoms with E-state index >= 15 is 0 Å². The van der Waals surface area contributed by atoms with Crippen molar-refractivity contribution in [3.05, 3.63) is 41.5 Å². The number of nitrogens with one attached hydrogen (secondary N) is 1. The Bertz CT molecular complexity index is 878. The highest BCUT2D eigenvalue weighted by atomic mass is 127. The second-order valence-electron chi connectivity index (χ2n) is 8.57. The Morgan fingerprint density at radius 1 is 1.31 bits per heavy atom. The third-order valence-electron chi connectivity index (χ3n) is 5.79. The molecule has 0 amide bonds. The minimum Gasteiger partial charge on any atom is -0.493 e.